The van der Waals surface area contributed by atoms with Gasteiger partial charge in [0.2, 0.25) is 5.91 Å². The van der Waals surface area contributed by atoms with Crippen LogP contribution in [0.3, 0.4) is 0 Å². The fraction of sp³-hybridized carbons (Fsp3) is 0.467. The third kappa shape index (κ3) is 5.48. The number of carbonyl (C=O) groups is 2. The van der Waals surface area contributed by atoms with Crippen molar-refractivity contribution in [2.24, 2.45) is 0 Å². The number of halogens is 1. The average molecular weight is 280 g/mol. The van der Waals surface area contributed by atoms with Crippen LogP contribution < -0.4 is 0 Å². The Morgan fingerprint density at radius 1 is 1.10 bits per heavy atom. The summed E-state index contributed by atoms with van der Waals surface area (Å²) >= 11 is 0. The standard InChI is InChI=1S/C15H21FN2O2/c1-4-18(11-15(20)17(2)3)10-14(19)9-12-5-7-13(16)8-6-12/h5-8H,4,9-11H2,1-3H3. The Morgan fingerprint density at radius 3 is 2.20 bits per heavy atom. The number of Topliss-reactive ketones (excluding diaryl/α,β-unsaturated/α-hetero) is 1. The predicted molar refractivity (Wildman–Crippen MR) is 75.9 cm³/mol. The van der Waals surface area contributed by atoms with E-state index in [2.05, 4.69) is 0 Å². The van der Waals surface area contributed by atoms with Gasteiger partial charge in [0.1, 0.15) is 5.82 Å². The van der Waals surface area contributed by atoms with Gasteiger partial charge in [0.15, 0.2) is 5.78 Å². The molecule has 1 rings (SSSR count). The molecular weight excluding hydrogens is 259 g/mol. The summed E-state index contributed by atoms with van der Waals surface area (Å²) in [5.74, 6) is -0.320. The first-order chi connectivity index (χ1) is 9.42. The van der Waals surface area contributed by atoms with Crippen molar-refractivity contribution in [2.75, 3.05) is 33.7 Å². The fourth-order valence-corrected chi connectivity index (χ4v) is 1.75. The van der Waals surface area contributed by atoms with Gasteiger partial charge in [0, 0.05) is 20.5 Å². The lowest BCUT2D eigenvalue weighted by atomic mass is 10.1. The third-order valence-electron chi connectivity index (χ3n) is 3.02. The molecule has 0 saturated carbocycles. The molecule has 110 valence electrons. The van der Waals surface area contributed by atoms with Crippen LogP contribution in [0.1, 0.15) is 12.5 Å². The van der Waals surface area contributed by atoms with Crippen LogP contribution in [0.5, 0.6) is 0 Å². The maximum atomic E-state index is 12.8. The Balaban J connectivity index is 2.50. The van der Waals surface area contributed by atoms with Crippen molar-refractivity contribution in [3.05, 3.63) is 35.6 Å². The van der Waals surface area contributed by atoms with Gasteiger partial charge in [-0.25, -0.2) is 4.39 Å². The van der Waals surface area contributed by atoms with E-state index in [-0.39, 0.29) is 37.0 Å². The van der Waals surface area contributed by atoms with Gasteiger partial charge in [0.05, 0.1) is 13.1 Å². The summed E-state index contributed by atoms with van der Waals surface area (Å²) in [6.45, 7) is 3.01. The minimum atomic E-state index is -0.312. The molecule has 0 fully saturated rings. The van der Waals surface area contributed by atoms with Crippen LogP contribution in [0.15, 0.2) is 24.3 Å². The first kappa shape index (κ1) is 16.3. The van der Waals surface area contributed by atoms with E-state index >= 15 is 0 Å². The highest BCUT2D eigenvalue weighted by atomic mass is 19.1. The lowest BCUT2D eigenvalue weighted by Gasteiger charge is -2.21. The highest BCUT2D eigenvalue weighted by Crippen LogP contribution is 2.04. The Morgan fingerprint density at radius 2 is 1.70 bits per heavy atom. The van der Waals surface area contributed by atoms with Crippen LogP contribution in [-0.2, 0) is 16.0 Å². The molecule has 0 aliphatic heterocycles. The van der Waals surface area contributed by atoms with E-state index < -0.39 is 0 Å². The molecule has 0 aliphatic carbocycles. The summed E-state index contributed by atoms with van der Waals surface area (Å²) in [7, 11) is 3.38. The number of amides is 1. The van der Waals surface area contributed by atoms with E-state index in [0.717, 1.165) is 5.56 Å². The van der Waals surface area contributed by atoms with Gasteiger partial charge in [0.25, 0.3) is 0 Å². The topological polar surface area (TPSA) is 40.6 Å². The lowest BCUT2D eigenvalue weighted by molar-refractivity contribution is -0.130. The van der Waals surface area contributed by atoms with E-state index in [1.165, 1.54) is 17.0 Å². The summed E-state index contributed by atoms with van der Waals surface area (Å²) in [4.78, 5) is 26.9. The number of nitrogens with zero attached hydrogens (tertiary/aromatic N) is 2. The molecule has 0 heterocycles. The number of hydrogen-bond donors (Lipinski definition) is 0. The van der Waals surface area contributed by atoms with Crippen molar-refractivity contribution in [1.29, 1.82) is 0 Å². The molecule has 1 amide bonds. The Hall–Kier alpha value is -1.75. The number of carbonyl (C=O) groups excluding carboxylic acids is 2. The van der Waals surface area contributed by atoms with Gasteiger partial charge in [-0.1, -0.05) is 19.1 Å². The maximum absolute atomic E-state index is 12.8. The molecule has 1 aromatic rings. The van der Waals surface area contributed by atoms with Gasteiger partial charge in [-0.2, -0.15) is 0 Å². The molecule has 0 N–H and O–H groups in total. The van der Waals surface area contributed by atoms with Crippen LogP contribution in [-0.4, -0.2) is 55.2 Å². The summed E-state index contributed by atoms with van der Waals surface area (Å²) in [6, 6.07) is 5.90. The fourth-order valence-electron chi connectivity index (χ4n) is 1.75. The molecule has 0 bridgehead atoms. The van der Waals surface area contributed by atoms with Gasteiger partial charge >= 0.3 is 0 Å². The van der Waals surface area contributed by atoms with E-state index in [1.54, 1.807) is 31.1 Å². The number of benzene rings is 1. The van der Waals surface area contributed by atoms with E-state index in [0.29, 0.717) is 6.54 Å². The molecule has 0 aliphatic rings. The Kier molecular flexibility index (Phi) is 6.31. The second-order valence-electron chi connectivity index (χ2n) is 4.93. The van der Waals surface area contributed by atoms with Crippen molar-refractivity contribution in [1.82, 2.24) is 9.80 Å². The summed E-state index contributed by atoms with van der Waals surface area (Å²) in [6.07, 6.45) is 0.257. The van der Waals surface area contributed by atoms with Crippen LogP contribution in [0, 0.1) is 5.82 Å². The second-order valence-corrected chi connectivity index (χ2v) is 4.93. The van der Waals surface area contributed by atoms with Crippen molar-refractivity contribution < 1.29 is 14.0 Å². The Bertz CT molecular complexity index is 457. The van der Waals surface area contributed by atoms with Crippen LogP contribution in [0.25, 0.3) is 0 Å². The number of likely N-dealkylation sites (N-methyl/N-ethyl adjacent to an activating group) is 2. The molecule has 0 spiro atoms. The molecule has 5 heteroatoms. The van der Waals surface area contributed by atoms with Crippen molar-refractivity contribution in [2.45, 2.75) is 13.3 Å². The van der Waals surface area contributed by atoms with Gasteiger partial charge in [-0.3, -0.25) is 14.5 Å². The average Bonchev–Trinajstić information content (AvgIpc) is 2.40. The molecule has 20 heavy (non-hydrogen) atoms. The monoisotopic (exact) mass is 280 g/mol. The highest BCUT2D eigenvalue weighted by molar-refractivity contribution is 5.84. The predicted octanol–water partition coefficient (Wildman–Crippen LogP) is 1.35. The Labute approximate surface area is 119 Å². The van der Waals surface area contributed by atoms with Gasteiger partial charge in [-0.15, -0.1) is 0 Å². The smallest absolute Gasteiger partial charge is 0.236 e. The SMILES string of the molecule is CCN(CC(=O)Cc1ccc(F)cc1)CC(=O)N(C)C. The summed E-state index contributed by atoms with van der Waals surface area (Å²) in [5.41, 5.74) is 0.784. The van der Waals surface area contributed by atoms with Crippen LogP contribution in [0.4, 0.5) is 4.39 Å². The molecule has 0 aromatic heterocycles. The number of hydrogen-bond acceptors (Lipinski definition) is 3. The largest absolute Gasteiger partial charge is 0.348 e. The van der Waals surface area contributed by atoms with Crippen LogP contribution >= 0.6 is 0 Å². The molecule has 0 atom stereocenters. The maximum Gasteiger partial charge on any atom is 0.236 e. The third-order valence-corrected chi connectivity index (χ3v) is 3.02. The van der Waals surface area contributed by atoms with Gasteiger partial charge in [-0.05, 0) is 24.2 Å². The molecule has 0 radical (unpaired) electrons. The molecule has 4 nitrogen and oxygen atoms in total. The quantitative estimate of drug-likeness (QED) is 0.757. The molecular formula is C15H21FN2O2. The van der Waals surface area contributed by atoms with Gasteiger partial charge < -0.3 is 4.90 Å². The second kappa shape index (κ2) is 7.75. The van der Waals surface area contributed by atoms with E-state index in [1.807, 2.05) is 6.92 Å². The number of rotatable bonds is 7. The molecule has 0 unspecified atom stereocenters. The zero-order chi connectivity index (χ0) is 15.1. The summed E-state index contributed by atoms with van der Waals surface area (Å²) < 4.78 is 12.8. The normalized spacial score (nSPS) is 10.7. The lowest BCUT2D eigenvalue weighted by Crippen LogP contribution is -2.39. The number of ketones is 1. The highest BCUT2D eigenvalue weighted by Gasteiger charge is 2.14. The minimum Gasteiger partial charge on any atom is -0.348 e. The zero-order valence-corrected chi connectivity index (χ0v) is 12.2. The van der Waals surface area contributed by atoms with Crippen LogP contribution in [0.2, 0.25) is 0 Å². The van der Waals surface area contributed by atoms with E-state index in [9.17, 15) is 14.0 Å². The first-order valence-electron chi connectivity index (χ1n) is 6.61. The van der Waals surface area contributed by atoms with Crippen molar-refractivity contribution in [3.63, 3.8) is 0 Å². The molecule has 1 aromatic carbocycles. The first-order valence-corrected chi connectivity index (χ1v) is 6.61. The molecule has 0 saturated heterocycles. The zero-order valence-electron chi connectivity index (χ0n) is 12.2. The van der Waals surface area contributed by atoms with Crippen molar-refractivity contribution in [3.8, 4) is 0 Å². The van der Waals surface area contributed by atoms with Crippen molar-refractivity contribution >= 4 is 11.7 Å². The van der Waals surface area contributed by atoms with E-state index in [4.69, 9.17) is 0 Å². The minimum absolute atomic E-state index is 0.0185. The summed E-state index contributed by atoms with van der Waals surface area (Å²) in [5, 5.41) is 0.